The summed E-state index contributed by atoms with van der Waals surface area (Å²) in [6.07, 6.45) is 0.253. The highest BCUT2D eigenvalue weighted by atomic mass is 79.9. The van der Waals surface area contributed by atoms with E-state index < -0.39 is 0 Å². The molecule has 2 amide bonds. The van der Waals surface area contributed by atoms with Crippen molar-refractivity contribution in [2.45, 2.75) is 26.3 Å². The van der Waals surface area contributed by atoms with E-state index in [1.807, 2.05) is 61.5 Å². The first kappa shape index (κ1) is 18.2. The highest BCUT2D eigenvalue weighted by molar-refractivity contribution is 9.10. The molecule has 1 atom stereocenters. The van der Waals surface area contributed by atoms with Gasteiger partial charge in [0.2, 0.25) is 11.8 Å². The van der Waals surface area contributed by atoms with E-state index in [2.05, 4.69) is 21.2 Å². The van der Waals surface area contributed by atoms with Gasteiger partial charge in [-0.05, 0) is 30.7 Å². The fraction of sp³-hybridized carbons (Fsp3) is 0.263. The number of rotatable bonds is 6. The Balaban J connectivity index is 1.96. The third-order valence-electron chi connectivity index (χ3n) is 3.84. The van der Waals surface area contributed by atoms with Crippen molar-refractivity contribution in [1.82, 2.24) is 4.90 Å². The van der Waals surface area contributed by atoms with Gasteiger partial charge < -0.3 is 10.2 Å². The predicted octanol–water partition coefficient (Wildman–Crippen LogP) is 4.39. The van der Waals surface area contributed by atoms with Crippen molar-refractivity contribution in [2.75, 3.05) is 11.9 Å². The molecule has 0 saturated heterocycles. The molecular weight excluding hydrogens is 368 g/mol. The minimum Gasteiger partial charge on any atom is -0.336 e. The molecule has 1 N–H and O–H groups in total. The molecule has 24 heavy (non-hydrogen) atoms. The van der Waals surface area contributed by atoms with Crippen molar-refractivity contribution in [2.24, 2.45) is 0 Å². The molecule has 2 aromatic carbocycles. The molecule has 0 heterocycles. The quantitative estimate of drug-likeness (QED) is 0.797. The van der Waals surface area contributed by atoms with E-state index >= 15 is 0 Å². The second-order valence-electron chi connectivity index (χ2n) is 5.61. The Bertz CT molecular complexity index is 704. The monoisotopic (exact) mass is 388 g/mol. The zero-order valence-electron chi connectivity index (χ0n) is 13.8. The second kappa shape index (κ2) is 8.64. The largest absolute Gasteiger partial charge is 0.336 e. The predicted molar refractivity (Wildman–Crippen MR) is 99.6 cm³/mol. The van der Waals surface area contributed by atoms with Gasteiger partial charge >= 0.3 is 0 Å². The van der Waals surface area contributed by atoms with Gasteiger partial charge in [0.25, 0.3) is 0 Å². The first-order valence-electron chi connectivity index (χ1n) is 7.85. The molecular formula is C19H21BrN2O2. The van der Waals surface area contributed by atoms with Gasteiger partial charge in [-0.1, -0.05) is 52.3 Å². The molecule has 0 aliphatic heterocycles. The van der Waals surface area contributed by atoms with Gasteiger partial charge in [-0.25, -0.2) is 0 Å². The summed E-state index contributed by atoms with van der Waals surface area (Å²) in [5, 5.41) is 2.85. The number of amides is 2. The molecule has 0 radical (unpaired) electrons. The number of nitrogens with one attached hydrogen (secondary N) is 1. The number of hydrogen-bond donors (Lipinski definition) is 1. The van der Waals surface area contributed by atoms with Crippen LogP contribution in [0.15, 0.2) is 59.1 Å². The normalized spacial score (nSPS) is 11.6. The first-order valence-corrected chi connectivity index (χ1v) is 8.64. The summed E-state index contributed by atoms with van der Waals surface area (Å²) < 4.78 is 0.906. The third-order valence-corrected chi connectivity index (χ3v) is 4.34. The van der Waals surface area contributed by atoms with Gasteiger partial charge in [0.15, 0.2) is 0 Å². The Kier molecular flexibility index (Phi) is 6.55. The molecule has 0 saturated carbocycles. The van der Waals surface area contributed by atoms with Crippen LogP contribution >= 0.6 is 15.9 Å². The standard InChI is InChI=1S/C19H21BrN2O2/c1-14(16-7-4-3-5-8-16)22(15(2)23)12-11-19(24)21-18-10-6-9-17(20)13-18/h3-10,13-14H,11-12H2,1-2H3,(H,21,24). The lowest BCUT2D eigenvalue weighted by atomic mass is 10.1. The first-order chi connectivity index (χ1) is 11.5. The summed E-state index contributed by atoms with van der Waals surface area (Å²) in [6.45, 7) is 3.89. The molecule has 1 unspecified atom stereocenters. The Morgan fingerprint density at radius 1 is 1.12 bits per heavy atom. The van der Waals surface area contributed by atoms with Crippen LogP contribution in [0.1, 0.15) is 31.9 Å². The summed E-state index contributed by atoms with van der Waals surface area (Å²) in [5.74, 6) is -0.152. The Morgan fingerprint density at radius 2 is 1.83 bits per heavy atom. The fourth-order valence-corrected chi connectivity index (χ4v) is 2.95. The topological polar surface area (TPSA) is 49.4 Å². The molecule has 0 aliphatic carbocycles. The summed E-state index contributed by atoms with van der Waals surface area (Å²) in [5.41, 5.74) is 1.79. The average molecular weight is 389 g/mol. The van der Waals surface area contributed by atoms with Crippen LogP contribution in [0.4, 0.5) is 5.69 Å². The van der Waals surface area contributed by atoms with Gasteiger partial charge in [0, 0.05) is 30.0 Å². The van der Waals surface area contributed by atoms with Crippen molar-refractivity contribution in [3.05, 3.63) is 64.6 Å². The lowest BCUT2D eigenvalue weighted by molar-refractivity contribution is -0.131. The van der Waals surface area contributed by atoms with Gasteiger partial charge in [-0.2, -0.15) is 0 Å². The molecule has 0 fully saturated rings. The van der Waals surface area contributed by atoms with Crippen molar-refractivity contribution in [3.8, 4) is 0 Å². The third kappa shape index (κ3) is 5.20. The molecule has 5 heteroatoms. The van der Waals surface area contributed by atoms with Crippen molar-refractivity contribution < 1.29 is 9.59 Å². The highest BCUT2D eigenvalue weighted by Gasteiger charge is 2.19. The van der Waals surface area contributed by atoms with Crippen LogP contribution in [0.25, 0.3) is 0 Å². The number of carbonyl (C=O) groups excluding carboxylic acids is 2. The maximum absolute atomic E-state index is 12.1. The van der Waals surface area contributed by atoms with E-state index in [1.54, 1.807) is 4.90 Å². The van der Waals surface area contributed by atoms with E-state index in [0.717, 1.165) is 15.7 Å². The van der Waals surface area contributed by atoms with Gasteiger partial charge in [-0.15, -0.1) is 0 Å². The molecule has 0 aromatic heterocycles. The van der Waals surface area contributed by atoms with Gasteiger partial charge in [0.1, 0.15) is 0 Å². The summed E-state index contributed by atoms with van der Waals surface area (Å²) in [4.78, 5) is 25.8. The number of hydrogen-bond acceptors (Lipinski definition) is 2. The van der Waals surface area contributed by atoms with Crippen molar-refractivity contribution in [3.63, 3.8) is 0 Å². The van der Waals surface area contributed by atoms with Gasteiger partial charge in [0.05, 0.1) is 6.04 Å². The molecule has 0 spiro atoms. The number of carbonyl (C=O) groups is 2. The number of anilines is 1. The Morgan fingerprint density at radius 3 is 2.46 bits per heavy atom. The number of nitrogens with zero attached hydrogens (tertiary/aromatic N) is 1. The van der Waals surface area contributed by atoms with Crippen LogP contribution in [0.2, 0.25) is 0 Å². The zero-order chi connectivity index (χ0) is 17.5. The van der Waals surface area contributed by atoms with Crippen LogP contribution in [-0.4, -0.2) is 23.3 Å². The molecule has 2 rings (SSSR count). The smallest absolute Gasteiger partial charge is 0.226 e. The average Bonchev–Trinajstić information content (AvgIpc) is 2.55. The van der Waals surface area contributed by atoms with Crippen LogP contribution in [0.5, 0.6) is 0 Å². The fourth-order valence-electron chi connectivity index (χ4n) is 2.55. The van der Waals surface area contributed by atoms with Crippen LogP contribution in [0, 0.1) is 0 Å². The van der Waals surface area contributed by atoms with Crippen LogP contribution in [-0.2, 0) is 9.59 Å². The van der Waals surface area contributed by atoms with Crippen LogP contribution < -0.4 is 5.32 Å². The van der Waals surface area contributed by atoms with E-state index in [9.17, 15) is 9.59 Å². The lowest BCUT2D eigenvalue weighted by Crippen LogP contribution is -2.34. The minimum atomic E-state index is -0.111. The summed E-state index contributed by atoms with van der Waals surface area (Å²) >= 11 is 3.37. The van der Waals surface area contributed by atoms with Crippen molar-refractivity contribution in [1.29, 1.82) is 0 Å². The molecule has 2 aromatic rings. The lowest BCUT2D eigenvalue weighted by Gasteiger charge is -2.28. The Labute approximate surface area is 151 Å². The SMILES string of the molecule is CC(=O)N(CCC(=O)Nc1cccc(Br)c1)C(C)c1ccccc1. The van der Waals surface area contributed by atoms with Gasteiger partial charge in [-0.3, -0.25) is 9.59 Å². The minimum absolute atomic E-state index is 0.0402. The number of halogens is 1. The second-order valence-corrected chi connectivity index (χ2v) is 6.52. The van der Waals surface area contributed by atoms with E-state index in [0.29, 0.717) is 6.54 Å². The zero-order valence-corrected chi connectivity index (χ0v) is 15.4. The molecule has 126 valence electrons. The molecule has 4 nitrogen and oxygen atoms in total. The van der Waals surface area contributed by atoms with Crippen LogP contribution in [0.3, 0.4) is 0 Å². The number of benzene rings is 2. The summed E-state index contributed by atoms with van der Waals surface area (Å²) in [6, 6.07) is 17.2. The highest BCUT2D eigenvalue weighted by Crippen LogP contribution is 2.20. The molecule has 0 aliphatic rings. The Hall–Kier alpha value is -2.14. The van der Waals surface area contributed by atoms with E-state index in [1.165, 1.54) is 6.92 Å². The summed E-state index contributed by atoms with van der Waals surface area (Å²) in [7, 11) is 0. The van der Waals surface area contributed by atoms with E-state index in [-0.39, 0.29) is 24.3 Å². The maximum Gasteiger partial charge on any atom is 0.226 e. The van der Waals surface area contributed by atoms with E-state index in [4.69, 9.17) is 0 Å². The molecule has 0 bridgehead atoms. The van der Waals surface area contributed by atoms with Crippen molar-refractivity contribution >= 4 is 33.4 Å². The maximum atomic E-state index is 12.1.